The number of rotatable bonds is 4. The maximum atomic E-state index is 11.6. The van der Waals surface area contributed by atoms with Crippen LogP contribution in [0.4, 0.5) is 0 Å². The van der Waals surface area contributed by atoms with E-state index in [0.717, 1.165) is 0 Å². The van der Waals surface area contributed by atoms with E-state index in [4.69, 9.17) is 9.63 Å². The van der Waals surface area contributed by atoms with Crippen LogP contribution in [-0.2, 0) is 0 Å². The fourth-order valence-electron chi connectivity index (χ4n) is 1.14. The van der Waals surface area contributed by atoms with Crippen LogP contribution >= 0.6 is 0 Å². The summed E-state index contributed by atoms with van der Waals surface area (Å²) in [4.78, 5) is 11.6. The Morgan fingerprint density at radius 2 is 2.33 bits per heavy atom. The number of amides is 1. The molecule has 2 N–H and O–H groups in total. The van der Waals surface area contributed by atoms with Gasteiger partial charge >= 0.3 is 0 Å². The van der Waals surface area contributed by atoms with E-state index in [1.165, 1.54) is 0 Å². The van der Waals surface area contributed by atoms with Crippen LogP contribution in [0.25, 0.3) is 0 Å². The Kier molecular flexibility index (Phi) is 3.85. The molecule has 1 amide bonds. The number of carbonyl (C=O) groups excluding carboxylic acids is 1. The van der Waals surface area contributed by atoms with E-state index >= 15 is 0 Å². The first-order valence-corrected chi connectivity index (χ1v) is 4.89. The highest BCUT2D eigenvalue weighted by atomic mass is 16.5. The van der Waals surface area contributed by atoms with Crippen LogP contribution in [-0.4, -0.2) is 28.8 Å². The number of aliphatic hydroxyl groups is 1. The van der Waals surface area contributed by atoms with Crippen molar-refractivity contribution in [2.75, 3.05) is 6.61 Å². The van der Waals surface area contributed by atoms with Gasteiger partial charge in [0.1, 0.15) is 5.76 Å². The van der Waals surface area contributed by atoms with Crippen molar-refractivity contribution in [3.05, 3.63) is 17.5 Å². The predicted molar refractivity (Wildman–Crippen MR) is 54.4 cm³/mol. The van der Waals surface area contributed by atoms with E-state index in [9.17, 15) is 4.79 Å². The third kappa shape index (κ3) is 3.06. The second-order valence-electron chi connectivity index (χ2n) is 3.83. The second kappa shape index (κ2) is 4.93. The summed E-state index contributed by atoms with van der Waals surface area (Å²) in [6, 6.07) is 1.30. The first kappa shape index (κ1) is 11.7. The van der Waals surface area contributed by atoms with Gasteiger partial charge in [0.15, 0.2) is 5.69 Å². The third-order valence-electron chi connectivity index (χ3n) is 2.18. The van der Waals surface area contributed by atoms with Crippen LogP contribution in [0.3, 0.4) is 0 Å². The zero-order chi connectivity index (χ0) is 11.4. The first-order chi connectivity index (χ1) is 7.04. The Bertz CT molecular complexity index is 333. The largest absolute Gasteiger partial charge is 0.394 e. The molecule has 1 heterocycles. The highest BCUT2D eigenvalue weighted by molar-refractivity contribution is 5.92. The van der Waals surface area contributed by atoms with E-state index in [2.05, 4.69) is 10.5 Å². The molecule has 5 nitrogen and oxygen atoms in total. The Morgan fingerprint density at radius 3 is 2.73 bits per heavy atom. The van der Waals surface area contributed by atoms with Gasteiger partial charge in [-0.2, -0.15) is 0 Å². The highest BCUT2D eigenvalue weighted by Gasteiger charge is 2.18. The fourth-order valence-corrected chi connectivity index (χ4v) is 1.14. The monoisotopic (exact) mass is 212 g/mol. The number of hydrogen-bond donors (Lipinski definition) is 2. The average molecular weight is 212 g/mol. The lowest BCUT2D eigenvalue weighted by Crippen LogP contribution is -2.41. The fraction of sp³-hybridized carbons (Fsp3) is 0.600. The minimum absolute atomic E-state index is 0.0831. The standard InChI is InChI=1S/C10H16N2O3/c1-6(2)9(5-13)11-10(14)8-4-7(3)15-12-8/h4,6,9,13H,5H2,1-3H3,(H,11,14). The van der Waals surface area contributed by atoms with Gasteiger partial charge in [-0.25, -0.2) is 0 Å². The van der Waals surface area contributed by atoms with Gasteiger partial charge < -0.3 is 14.9 Å². The molecule has 0 radical (unpaired) electrons. The summed E-state index contributed by atoms with van der Waals surface area (Å²) in [5, 5.41) is 15.3. The molecular weight excluding hydrogens is 196 g/mol. The smallest absolute Gasteiger partial charge is 0.273 e. The summed E-state index contributed by atoms with van der Waals surface area (Å²) in [5.41, 5.74) is 0.242. The molecule has 0 aliphatic rings. The van der Waals surface area contributed by atoms with Crippen molar-refractivity contribution in [2.45, 2.75) is 26.8 Å². The number of carbonyl (C=O) groups is 1. The normalized spacial score (nSPS) is 12.9. The molecule has 0 fully saturated rings. The minimum atomic E-state index is -0.320. The van der Waals surface area contributed by atoms with Crippen molar-refractivity contribution in [1.82, 2.24) is 10.5 Å². The van der Waals surface area contributed by atoms with Crippen LogP contribution in [0.1, 0.15) is 30.1 Å². The van der Waals surface area contributed by atoms with Gasteiger partial charge in [-0.05, 0) is 12.8 Å². The first-order valence-electron chi connectivity index (χ1n) is 4.89. The lowest BCUT2D eigenvalue weighted by molar-refractivity contribution is 0.0887. The summed E-state index contributed by atoms with van der Waals surface area (Å²) in [6.45, 7) is 5.49. The Morgan fingerprint density at radius 1 is 1.67 bits per heavy atom. The number of aliphatic hydroxyl groups excluding tert-OH is 1. The molecule has 0 aliphatic carbocycles. The van der Waals surface area contributed by atoms with Crippen LogP contribution < -0.4 is 5.32 Å². The van der Waals surface area contributed by atoms with Gasteiger partial charge in [0.05, 0.1) is 12.6 Å². The van der Waals surface area contributed by atoms with Crippen LogP contribution in [0.5, 0.6) is 0 Å². The minimum Gasteiger partial charge on any atom is -0.394 e. The molecule has 1 aromatic heterocycles. The Balaban J connectivity index is 2.62. The van der Waals surface area contributed by atoms with Crippen molar-refractivity contribution in [3.63, 3.8) is 0 Å². The summed E-state index contributed by atoms with van der Waals surface area (Å²) in [5.74, 6) is 0.441. The van der Waals surface area contributed by atoms with Crippen molar-refractivity contribution in [1.29, 1.82) is 0 Å². The number of aromatic nitrogens is 1. The molecule has 0 spiro atoms. The lowest BCUT2D eigenvalue weighted by Gasteiger charge is -2.18. The van der Waals surface area contributed by atoms with Crippen molar-refractivity contribution in [3.8, 4) is 0 Å². The molecule has 5 heteroatoms. The van der Waals surface area contributed by atoms with E-state index < -0.39 is 0 Å². The summed E-state index contributed by atoms with van der Waals surface area (Å²) in [6.07, 6.45) is 0. The summed E-state index contributed by atoms with van der Waals surface area (Å²) < 4.78 is 4.79. The number of hydrogen-bond acceptors (Lipinski definition) is 4. The van der Waals surface area contributed by atoms with Crippen molar-refractivity contribution < 1.29 is 14.4 Å². The second-order valence-corrected chi connectivity index (χ2v) is 3.83. The molecule has 0 aromatic carbocycles. The average Bonchev–Trinajstić information content (AvgIpc) is 2.60. The number of nitrogens with one attached hydrogen (secondary N) is 1. The van der Waals surface area contributed by atoms with Crippen molar-refractivity contribution >= 4 is 5.91 Å². The van der Waals surface area contributed by atoms with Gasteiger partial charge in [0, 0.05) is 6.07 Å². The van der Waals surface area contributed by atoms with E-state index in [-0.39, 0.29) is 30.2 Å². The molecule has 1 aromatic rings. The van der Waals surface area contributed by atoms with Crippen LogP contribution in [0.2, 0.25) is 0 Å². The quantitative estimate of drug-likeness (QED) is 0.771. The predicted octanol–water partition coefficient (Wildman–Crippen LogP) is 0.730. The van der Waals surface area contributed by atoms with E-state index in [1.807, 2.05) is 13.8 Å². The number of nitrogens with zero attached hydrogens (tertiary/aromatic N) is 1. The Labute approximate surface area is 88.5 Å². The molecule has 15 heavy (non-hydrogen) atoms. The molecule has 0 bridgehead atoms. The van der Waals surface area contributed by atoms with Gasteiger partial charge in [0.25, 0.3) is 5.91 Å². The maximum absolute atomic E-state index is 11.6. The summed E-state index contributed by atoms with van der Waals surface area (Å²) >= 11 is 0. The summed E-state index contributed by atoms with van der Waals surface area (Å²) in [7, 11) is 0. The van der Waals surface area contributed by atoms with E-state index in [0.29, 0.717) is 5.76 Å². The zero-order valence-corrected chi connectivity index (χ0v) is 9.15. The van der Waals surface area contributed by atoms with Crippen LogP contribution in [0, 0.1) is 12.8 Å². The SMILES string of the molecule is Cc1cc(C(=O)NC(CO)C(C)C)no1. The molecule has 0 saturated carbocycles. The van der Waals surface area contributed by atoms with Gasteiger partial charge in [-0.15, -0.1) is 0 Å². The molecule has 84 valence electrons. The number of aryl methyl sites for hydroxylation is 1. The van der Waals surface area contributed by atoms with Gasteiger partial charge in [0.2, 0.25) is 0 Å². The van der Waals surface area contributed by atoms with Gasteiger partial charge in [-0.3, -0.25) is 4.79 Å². The third-order valence-corrected chi connectivity index (χ3v) is 2.18. The lowest BCUT2D eigenvalue weighted by atomic mass is 10.1. The topological polar surface area (TPSA) is 75.4 Å². The molecule has 1 atom stereocenters. The Hall–Kier alpha value is -1.36. The van der Waals surface area contributed by atoms with Crippen molar-refractivity contribution in [2.24, 2.45) is 5.92 Å². The molecule has 0 aliphatic heterocycles. The highest BCUT2D eigenvalue weighted by Crippen LogP contribution is 2.04. The maximum Gasteiger partial charge on any atom is 0.273 e. The van der Waals surface area contributed by atoms with Crippen LogP contribution in [0.15, 0.2) is 10.6 Å². The molecule has 1 unspecified atom stereocenters. The molecule has 0 saturated heterocycles. The molecule has 1 rings (SSSR count). The molecular formula is C10H16N2O3. The van der Waals surface area contributed by atoms with E-state index in [1.54, 1.807) is 13.0 Å². The zero-order valence-electron chi connectivity index (χ0n) is 9.15. The van der Waals surface area contributed by atoms with Gasteiger partial charge in [-0.1, -0.05) is 19.0 Å².